The summed E-state index contributed by atoms with van der Waals surface area (Å²) in [4.78, 5) is 38.1. The first-order valence-corrected chi connectivity index (χ1v) is 27.6. The number of allylic oxidation sites excluding steroid dienone is 28. The van der Waals surface area contributed by atoms with E-state index < -0.39 is 12.1 Å². The molecule has 0 bridgehead atoms. The highest BCUT2D eigenvalue weighted by Gasteiger charge is 2.19. The van der Waals surface area contributed by atoms with Gasteiger partial charge >= 0.3 is 17.9 Å². The zero-order valence-electron chi connectivity index (χ0n) is 44.9. The summed E-state index contributed by atoms with van der Waals surface area (Å²) in [5.41, 5.74) is 0. The number of hydrogen-bond donors (Lipinski definition) is 0. The van der Waals surface area contributed by atoms with E-state index in [0.29, 0.717) is 19.3 Å². The Labute approximate surface area is 434 Å². The Hall–Kier alpha value is -5.23. The zero-order chi connectivity index (χ0) is 51.4. The molecule has 0 aromatic rings. The third-order valence-electron chi connectivity index (χ3n) is 10.7. The molecule has 0 radical (unpaired) electrons. The van der Waals surface area contributed by atoms with Gasteiger partial charge in [-0.2, -0.15) is 0 Å². The van der Waals surface area contributed by atoms with Gasteiger partial charge in [0.05, 0.1) is 0 Å². The summed E-state index contributed by atoms with van der Waals surface area (Å²) >= 11 is 0. The Morgan fingerprint density at radius 1 is 0.296 bits per heavy atom. The van der Waals surface area contributed by atoms with E-state index >= 15 is 0 Å². The van der Waals surface area contributed by atoms with Crippen molar-refractivity contribution in [2.24, 2.45) is 0 Å². The van der Waals surface area contributed by atoms with Gasteiger partial charge in [-0.25, -0.2) is 0 Å². The first-order valence-electron chi connectivity index (χ1n) is 27.6. The molecular formula is C65H98O6. The SMILES string of the molecule is CC/C=C\C/C=C\C/C=C\C/C=C\C/C=C\CCCC(=O)O[C@@H](COC(=O)CC/C=C\C/C=C\C/C=C\C/C=C\C/C=C\CCCCC)COC(=O)CCCCCC/C=C\C/C=C\C/C=C\C/C=C\CC. The molecule has 0 N–H and O–H groups in total. The van der Waals surface area contributed by atoms with Crippen LogP contribution in [-0.2, 0) is 28.6 Å². The Kier molecular flexibility index (Phi) is 53.1. The fourth-order valence-electron chi connectivity index (χ4n) is 6.63. The molecule has 0 amide bonds. The maximum Gasteiger partial charge on any atom is 0.306 e. The molecule has 6 nitrogen and oxygen atoms in total. The van der Waals surface area contributed by atoms with Gasteiger partial charge in [-0.3, -0.25) is 14.4 Å². The van der Waals surface area contributed by atoms with Crippen molar-refractivity contribution in [3.63, 3.8) is 0 Å². The summed E-state index contributed by atoms with van der Waals surface area (Å²) in [5, 5.41) is 0. The van der Waals surface area contributed by atoms with Crippen LogP contribution in [0.3, 0.4) is 0 Å². The monoisotopic (exact) mass is 975 g/mol. The molecule has 71 heavy (non-hydrogen) atoms. The molecule has 0 aromatic heterocycles. The summed E-state index contributed by atoms with van der Waals surface area (Å²) in [6.45, 7) is 6.22. The van der Waals surface area contributed by atoms with E-state index in [9.17, 15) is 14.4 Å². The van der Waals surface area contributed by atoms with Crippen molar-refractivity contribution in [3.05, 3.63) is 170 Å². The quantitative estimate of drug-likeness (QED) is 0.0262. The van der Waals surface area contributed by atoms with Crippen LogP contribution in [0.4, 0.5) is 0 Å². The number of esters is 3. The largest absolute Gasteiger partial charge is 0.462 e. The number of ether oxygens (including phenoxy) is 3. The molecular weight excluding hydrogens is 877 g/mol. The van der Waals surface area contributed by atoms with E-state index in [2.05, 4.69) is 179 Å². The van der Waals surface area contributed by atoms with Gasteiger partial charge in [-0.1, -0.05) is 217 Å². The molecule has 0 saturated heterocycles. The van der Waals surface area contributed by atoms with Crippen LogP contribution in [-0.4, -0.2) is 37.2 Å². The number of unbranched alkanes of at least 4 members (excludes halogenated alkanes) is 8. The number of rotatable bonds is 47. The Morgan fingerprint density at radius 3 is 0.972 bits per heavy atom. The van der Waals surface area contributed by atoms with Gasteiger partial charge in [0.25, 0.3) is 0 Å². The molecule has 394 valence electrons. The van der Waals surface area contributed by atoms with Crippen molar-refractivity contribution in [2.75, 3.05) is 13.2 Å². The minimum absolute atomic E-state index is 0.145. The molecule has 0 aliphatic rings. The third-order valence-corrected chi connectivity index (χ3v) is 10.7. The van der Waals surface area contributed by atoms with Crippen LogP contribution in [0.1, 0.15) is 201 Å². The van der Waals surface area contributed by atoms with Crippen molar-refractivity contribution >= 4 is 17.9 Å². The van der Waals surface area contributed by atoms with Gasteiger partial charge in [0.2, 0.25) is 0 Å². The molecule has 0 unspecified atom stereocenters. The second-order valence-corrected chi connectivity index (χ2v) is 17.4. The maximum absolute atomic E-state index is 12.8. The van der Waals surface area contributed by atoms with E-state index in [4.69, 9.17) is 14.2 Å². The lowest BCUT2D eigenvalue weighted by Crippen LogP contribution is -2.30. The van der Waals surface area contributed by atoms with Crippen LogP contribution >= 0.6 is 0 Å². The summed E-state index contributed by atoms with van der Waals surface area (Å²) in [5.74, 6) is -1.13. The number of carbonyl (C=O) groups is 3. The zero-order valence-corrected chi connectivity index (χ0v) is 44.9. The average Bonchev–Trinajstić information content (AvgIpc) is 3.37. The molecule has 0 spiro atoms. The lowest BCUT2D eigenvalue weighted by molar-refractivity contribution is -0.166. The molecule has 0 saturated carbocycles. The van der Waals surface area contributed by atoms with Crippen LogP contribution < -0.4 is 0 Å². The van der Waals surface area contributed by atoms with Gasteiger partial charge in [-0.05, 0) is 135 Å². The van der Waals surface area contributed by atoms with Gasteiger partial charge < -0.3 is 14.2 Å². The smallest absolute Gasteiger partial charge is 0.306 e. The molecule has 0 fully saturated rings. The fraction of sp³-hybridized carbons (Fsp3) is 0.523. The predicted molar refractivity (Wildman–Crippen MR) is 306 cm³/mol. The molecule has 0 aliphatic heterocycles. The lowest BCUT2D eigenvalue weighted by atomic mass is 10.1. The van der Waals surface area contributed by atoms with Crippen LogP contribution in [0, 0.1) is 0 Å². The summed E-state index contributed by atoms with van der Waals surface area (Å²) in [7, 11) is 0. The van der Waals surface area contributed by atoms with Gasteiger partial charge in [0.15, 0.2) is 6.10 Å². The first-order chi connectivity index (χ1) is 35.0. The summed E-state index contributed by atoms with van der Waals surface area (Å²) in [6.07, 6.45) is 85.0. The minimum atomic E-state index is -0.858. The van der Waals surface area contributed by atoms with E-state index in [0.717, 1.165) is 122 Å². The van der Waals surface area contributed by atoms with Crippen molar-refractivity contribution in [1.82, 2.24) is 0 Å². The maximum atomic E-state index is 12.8. The fourth-order valence-corrected chi connectivity index (χ4v) is 6.63. The standard InChI is InChI=1S/C65H98O6/c1-4-7-10-13-16-19-22-25-28-31-32-35-37-40-43-46-49-52-55-58-64(67)70-61-62(71-65(68)59-56-53-50-47-44-41-38-34-30-27-24-21-18-15-12-9-6-3)60-69-63(66)57-54-51-48-45-42-39-36-33-29-26-23-20-17-14-11-8-5-2/h8-9,11-12,16-21,25-30,32,35-36,38-41,43,47,49-50,52,62H,4-7,10,13-15,22-24,31,33-34,37,42,44-46,48,51,53-61H2,1-3H3/b11-8-,12-9-,19-16-,20-17-,21-18-,28-25-,29-26-,30-27-,35-32-,39-36-,41-38-,43-40-,50-47-,52-49-/t62-/m1/s1. The van der Waals surface area contributed by atoms with Crippen LogP contribution in [0.5, 0.6) is 0 Å². The first kappa shape index (κ1) is 65.8. The Bertz CT molecular complexity index is 1690. The van der Waals surface area contributed by atoms with E-state index in [1.54, 1.807) is 0 Å². The Morgan fingerprint density at radius 2 is 0.592 bits per heavy atom. The molecule has 1 atom stereocenters. The van der Waals surface area contributed by atoms with Gasteiger partial charge in [0, 0.05) is 19.3 Å². The summed E-state index contributed by atoms with van der Waals surface area (Å²) in [6, 6.07) is 0. The highest BCUT2D eigenvalue weighted by atomic mass is 16.6. The van der Waals surface area contributed by atoms with Gasteiger partial charge in [0.1, 0.15) is 13.2 Å². The van der Waals surface area contributed by atoms with Gasteiger partial charge in [-0.15, -0.1) is 0 Å². The van der Waals surface area contributed by atoms with Crippen molar-refractivity contribution < 1.29 is 28.6 Å². The van der Waals surface area contributed by atoms with Crippen LogP contribution in [0.25, 0.3) is 0 Å². The normalized spacial score (nSPS) is 13.5. The van der Waals surface area contributed by atoms with E-state index in [1.807, 2.05) is 12.2 Å². The Balaban J connectivity index is 4.67. The second-order valence-electron chi connectivity index (χ2n) is 17.4. The molecule has 0 heterocycles. The van der Waals surface area contributed by atoms with Crippen LogP contribution in [0.2, 0.25) is 0 Å². The molecule has 0 aliphatic carbocycles. The topological polar surface area (TPSA) is 78.9 Å². The van der Waals surface area contributed by atoms with Crippen molar-refractivity contribution in [3.8, 4) is 0 Å². The predicted octanol–water partition coefficient (Wildman–Crippen LogP) is 18.8. The second kappa shape index (κ2) is 57.3. The molecule has 6 heteroatoms. The summed E-state index contributed by atoms with van der Waals surface area (Å²) < 4.78 is 16.7. The number of hydrogen-bond acceptors (Lipinski definition) is 6. The van der Waals surface area contributed by atoms with Crippen LogP contribution in [0.15, 0.2) is 170 Å². The molecule has 0 aromatic carbocycles. The van der Waals surface area contributed by atoms with E-state index in [-0.39, 0.29) is 38.0 Å². The number of carbonyl (C=O) groups excluding carboxylic acids is 3. The minimum Gasteiger partial charge on any atom is -0.462 e. The average molecular weight is 975 g/mol. The van der Waals surface area contributed by atoms with Crippen molar-refractivity contribution in [1.29, 1.82) is 0 Å². The highest BCUT2D eigenvalue weighted by molar-refractivity contribution is 5.71. The molecule has 0 rings (SSSR count). The van der Waals surface area contributed by atoms with Crippen molar-refractivity contribution in [2.45, 2.75) is 207 Å². The van der Waals surface area contributed by atoms with E-state index in [1.165, 1.54) is 25.7 Å². The highest BCUT2D eigenvalue weighted by Crippen LogP contribution is 2.10. The third kappa shape index (κ3) is 55.6. The lowest BCUT2D eigenvalue weighted by Gasteiger charge is -2.18.